The number of nitrogens with zero attached hydrogens (tertiary/aromatic N) is 8. The smallest absolute Gasteiger partial charge is 0.434 e. The van der Waals surface area contributed by atoms with Crippen molar-refractivity contribution in [2.24, 2.45) is 0 Å². The van der Waals surface area contributed by atoms with Crippen LogP contribution in [0.1, 0.15) is 55.6 Å². The Labute approximate surface area is 221 Å². The molecule has 1 aliphatic carbocycles. The molecule has 39 heavy (non-hydrogen) atoms. The van der Waals surface area contributed by atoms with E-state index in [1.54, 1.807) is 30.1 Å². The molecule has 1 aromatic carbocycles. The minimum absolute atomic E-state index is 0.184. The van der Waals surface area contributed by atoms with Gasteiger partial charge in [-0.15, -0.1) is 0 Å². The number of imidazole rings is 1. The van der Waals surface area contributed by atoms with Crippen LogP contribution in [-0.4, -0.2) is 46.4 Å². The molecular formula is C27H25F3N8O. The van der Waals surface area contributed by atoms with Gasteiger partial charge in [-0.25, -0.2) is 29.6 Å². The molecule has 0 saturated heterocycles. The largest absolute Gasteiger partial charge is 0.480 e. The van der Waals surface area contributed by atoms with Crippen LogP contribution < -0.4 is 4.74 Å². The van der Waals surface area contributed by atoms with Gasteiger partial charge in [0.15, 0.2) is 11.3 Å². The van der Waals surface area contributed by atoms with E-state index in [0.717, 1.165) is 41.2 Å². The Bertz CT molecular complexity index is 1650. The van der Waals surface area contributed by atoms with E-state index in [0.29, 0.717) is 35.2 Å². The maximum atomic E-state index is 13.3. The Balaban J connectivity index is 1.37. The second kappa shape index (κ2) is 9.44. The molecule has 4 aromatic heterocycles. The van der Waals surface area contributed by atoms with Crippen LogP contribution in [0, 0.1) is 0 Å². The Kier molecular flexibility index (Phi) is 6.04. The van der Waals surface area contributed by atoms with Crippen LogP contribution in [0.4, 0.5) is 13.2 Å². The van der Waals surface area contributed by atoms with E-state index >= 15 is 0 Å². The minimum atomic E-state index is -4.51. The van der Waals surface area contributed by atoms with Crippen LogP contribution in [0.25, 0.3) is 33.7 Å². The highest BCUT2D eigenvalue weighted by molar-refractivity contribution is 5.92. The monoisotopic (exact) mass is 534 g/mol. The standard InChI is InChI=1S/C27H25F3N8O/c1-15(2)37-12-20(27(28,29)30)35-24(37)18-6-4-16(5-7-18)11-38-25-19(10-31-13-33-25)23(36-38)21-22(17-8-9-17)32-14-34-26(21)39-3/h4-7,10,12-15,17H,8-9,11H2,1-3H3. The Hall–Kier alpha value is -4.35. The number of rotatable bonds is 7. The topological polar surface area (TPSA) is 96.4 Å². The lowest BCUT2D eigenvalue weighted by Crippen LogP contribution is -2.05. The zero-order valence-electron chi connectivity index (χ0n) is 21.5. The van der Waals surface area contributed by atoms with Gasteiger partial charge in [0.1, 0.15) is 24.2 Å². The zero-order chi connectivity index (χ0) is 27.3. The summed E-state index contributed by atoms with van der Waals surface area (Å²) in [5.41, 5.74) is 3.53. The molecule has 0 radical (unpaired) electrons. The number of fused-ring (bicyclic) bond motifs is 1. The Morgan fingerprint density at radius 2 is 1.82 bits per heavy atom. The van der Waals surface area contributed by atoms with Crippen LogP contribution in [0.2, 0.25) is 0 Å². The van der Waals surface area contributed by atoms with Crippen molar-refractivity contribution in [2.75, 3.05) is 7.11 Å². The van der Waals surface area contributed by atoms with Gasteiger partial charge in [-0.2, -0.15) is 18.3 Å². The lowest BCUT2D eigenvalue weighted by Gasteiger charge is -2.12. The summed E-state index contributed by atoms with van der Waals surface area (Å²) in [4.78, 5) is 21.4. The lowest BCUT2D eigenvalue weighted by atomic mass is 10.1. The van der Waals surface area contributed by atoms with Crippen molar-refractivity contribution in [3.05, 3.63) is 66.3 Å². The Morgan fingerprint density at radius 1 is 1.05 bits per heavy atom. The number of ether oxygens (including phenoxy) is 1. The first-order valence-electron chi connectivity index (χ1n) is 12.6. The number of hydrogen-bond donors (Lipinski definition) is 0. The van der Waals surface area contributed by atoms with Crippen LogP contribution in [0.5, 0.6) is 5.88 Å². The molecule has 4 heterocycles. The van der Waals surface area contributed by atoms with E-state index in [1.807, 2.05) is 26.0 Å². The number of alkyl halides is 3. The van der Waals surface area contributed by atoms with E-state index in [2.05, 4.69) is 24.9 Å². The summed E-state index contributed by atoms with van der Waals surface area (Å²) >= 11 is 0. The van der Waals surface area contributed by atoms with E-state index < -0.39 is 11.9 Å². The van der Waals surface area contributed by atoms with E-state index in [-0.39, 0.29) is 11.9 Å². The Morgan fingerprint density at radius 3 is 2.49 bits per heavy atom. The first-order valence-corrected chi connectivity index (χ1v) is 12.6. The number of benzene rings is 1. The normalized spacial score (nSPS) is 13.9. The number of aromatic nitrogens is 8. The molecule has 0 bridgehead atoms. The summed E-state index contributed by atoms with van der Waals surface area (Å²) in [6.45, 7) is 4.03. The fourth-order valence-electron chi connectivity index (χ4n) is 4.71. The fourth-order valence-corrected chi connectivity index (χ4v) is 4.71. The quantitative estimate of drug-likeness (QED) is 0.265. The molecule has 5 aromatic rings. The summed E-state index contributed by atoms with van der Waals surface area (Å²) in [5.74, 6) is 1.06. The third-order valence-corrected chi connectivity index (χ3v) is 6.77. The first-order chi connectivity index (χ1) is 18.7. The van der Waals surface area contributed by atoms with E-state index in [1.165, 1.54) is 17.2 Å². The van der Waals surface area contributed by atoms with Gasteiger partial charge in [0.25, 0.3) is 0 Å². The van der Waals surface area contributed by atoms with Gasteiger partial charge in [-0.3, -0.25) is 0 Å². The van der Waals surface area contributed by atoms with Gasteiger partial charge in [0, 0.05) is 29.9 Å². The van der Waals surface area contributed by atoms with Crippen LogP contribution in [-0.2, 0) is 12.7 Å². The highest BCUT2D eigenvalue weighted by Gasteiger charge is 2.35. The van der Waals surface area contributed by atoms with Gasteiger partial charge < -0.3 is 9.30 Å². The molecule has 0 aliphatic heterocycles. The summed E-state index contributed by atoms with van der Waals surface area (Å²) in [6.07, 6.45) is 3.34. The van der Waals surface area contributed by atoms with Gasteiger partial charge in [-0.1, -0.05) is 24.3 Å². The molecule has 0 atom stereocenters. The maximum absolute atomic E-state index is 13.3. The summed E-state index contributed by atoms with van der Waals surface area (Å²) < 4.78 is 48.9. The summed E-state index contributed by atoms with van der Waals surface area (Å²) in [7, 11) is 1.57. The first kappa shape index (κ1) is 25.0. The lowest BCUT2D eigenvalue weighted by molar-refractivity contribution is -0.140. The molecule has 6 rings (SSSR count). The van der Waals surface area contributed by atoms with Crippen LogP contribution in [0.3, 0.4) is 0 Å². The molecule has 0 N–H and O–H groups in total. The van der Waals surface area contributed by atoms with Crippen molar-refractivity contribution >= 4 is 11.0 Å². The molecule has 200 valence electrons. The molecule has 0 spiro atoms. The number of hydrogen-bond acceptors (Lipinski definition) is 7. The van der Waals surface area contributed by atoms with Crippen LogP contribution in [0.15, 0.2) is 49.3 Å². The van der Waals surface area contributed by atoms with Crippen molar-refractivity contribution in [3.63, 3.8) is 0 Å². The average molecular weight is 535 g/mol. The minimum Gasteiger partial charge on any atom is -0.480 e. The highest BCUT2D eigenvalue weighted by Crippen LogP contribution is 2.46. The molecule has 9 nitrogen and oxygen atoms in total. The van der Waals surface area contributed by atoms with Gasteiger partial charge in [0.05, 0.1) is 30.3 Å². The second-order valence-electron chi connectivity index (χ2n) is 9.83. The number of methoxy groups -OCH3 is 1. The van der Waals surface area contributed by atoms with Crippen molar-refractivity contribution in [1.29, 1.82) is 0 Å². The predicted molar refractivity (Wildman–Crippen MR) is 137 cm³/mol. The maximum Gasteiger partial charge on any atom is 0.434 e. The van der Waals surface area contributed by atoms with Crippen molar-refractivity contribution in [1.82, 2.24) is 39.3 Å². The SMILES string of the molecule is COc1ncnc(C2CC2)c1-c1nn(Cc2ccc(-c3nc(C(F)(F)F)cn3C(C)C)cc2)c2ncncc12. The fraction of sp³-hybridized carbons (Fsp3) is 0.333. The van der Waals surface area contributed by atoms with Crippen molar-refractivity contribution in [2.45, 2.75) is 51.4 Å². The molecule has 1 aliphatic rings. The van der Waals surface area contributed by atoms with Crippen LogP contribution >= 0.6 is 0 Å². The van der Waals surface area contributed by atoms with Crippen molar-refractivity contribution < 1.29 is 17.9 Å². The molecular weight excluding hydrogens is 509 g/mol. The number of halogens is 3. The molecule has 12 heteroatoms. The third kappa shape index (κ3) is 4.59. The molecule has 0 amide bonds. The van der Waals surface area contributed by atoms with Crippen molar-refractivity contribution in [3.8, 4) is 28.5 Å². The third-order valence-electron chi connectivity index (χ3n) is 6.77. The van der Waals surface area contributed by atoms with Gasteiger partial charge in [-0.05, 0) is 32.3 Å². The molecule has 1 fully saturated rings. The van der Waals surface area contributed by atoms with Gasteiger partial charge >= 0.3 is 6.18 Å². The molecule has 1 saturated carbocycles. The summed E-state index contributed by atoms with van der Waals surface area (Å²) in [5, 5.41) is 5.65. The predicted octanol–water partition coefficient (Wildman–Crippen LogP) is 5.68. The average Bonchev–Trinajstić information content (AvgIpc) is 3.56. The molecule has 0 unspecified atom stereocenters. The summed E-state index contributed by atoms with van der Waals surface area (Å²) in [6, 6.07) is 7.09. The van der Waals surface area contributed by atoms with E-state index in [9.17, 15) is 13.2 Å². The zero-order valence-corrected chi connectivity index (χ0v) is 21.5. The van der Waals surface area contributed by atoms with Gasteiger partial charge in [0.2, 0.25) is 5.88 Å². The highest BCUT2D eigenvalue weighted by atomic mass is 19.4. The second-order valence-corrected chi connectivity index (χ2v) is 9.83. The van der Waals surface area contributed by atoms with E-state index in [4.69, 9.17) is 9.84 Å².